The van der Waals surface area contributed by atoms with Crippen molar-refractivity contribution >= 4 is 87.1 Å². The molecule has 0 N–H and O–H groups in total. The van der Waals surface area contributed by atoms with E-state index in [1.165, 1.54) is 21.5 Å². The summed E-state index contributed by atoms with van der Waals surface area (Å²) in [7, 11) is 0. The van der Waals surface area contributed by atoms with E-state index in [0.29, 0.717) is 17.5 Å². The Morgan fingerprint density at radius 2 is 0.859 bits per heavy atom. The lowest BCUT2D eigenvalue weighted by Crippen LogP contribution is -2.01. The molecule has 330 valence electrons. The minimum Gasteiger partial charge on any atom is -0.455 e. The molecule has 15 rings (SSSR count). The molecule has 0 radical (unpaired) electrons. The molecule has 71 heavy (non-hydrogen) atoms. The van der Waals surface area contributed by atoms with E-state index in [1.807, 2.05) is 6.07 Å². The number of furan rings is 1. The molecule has 0 aliphatic rings. The first-order chi connectivity index (χ1) is 35.2. The van der Waals surface area contributed by atoms with Gasteiger partial charge in [0.25, 0.3) is 0 Å². The Hall–Kier alpha value is -9.65. The van der Waals surface area contributed by atoms with Crippen LogP contribution in [-0.4, -0.2) is 24.1 Å². The predicted octanol–water partition coefficient (Wildman–Crippen LogP) is 16.9. The number of fused-ring (bicyclic) bond motifs is 12. The van der Waals surface area contributed by atoms with E-state index in [9.17, 15) is 0 Å². The van der Waals surface area contributed by atoms with Crippen LogP contribution in [-0.2, 0) is 0 Å². The second kappa shape index (κ2) is 15.4. The molecule has 4 heterocycles. The Bertz CT molecular complexity index is 4620. The van der Waals surface area contributed by atoms with Crippen LogP contribution in [0.25, 0.3) is 144 Å². The van der Waals surface area contributed by atoms with Crippen LogP contribution in [0.2, 0.25) is 0 Å². The molecule has 0 aliphatic heterocycles. The van der Waals surface area contributed by atoms with E-state index in [4.69, 9.17) is 19.4 Å². The second-order valence-corrected chi connectivity index (χ2v) is 18.3. The van der Waals surface area contributed by atoms with Gasteiger partial charge in [0, 0.05) is 60.6 Å². The van der Waals surface area contributed by atoms with Crippen molar-refractivity contribution in [1.29, 1.82) is 0 Å². The third kappa shape index (κ3) is 6.05. The van der Waals surface area contributed by atoms with E-state index in [2.05, 4.69) is 240 Å². The van der Waals surface area contributed by atoms with Crippen molar-refractivity contribution in [2.24, 2.45) is 0 Å². The van der Waals surface area contributed by atoms with Crippen molar-refractivity contribution in [2.75, 3.05) is 0 Å². The quantitative estimate of drug-likeness (QED) is 0.167. The Morgan fingerprint density at radius 3 is 1.65 bits per heavy atom. The lowest BCUT2D eigenvalue weighted by molar-refractivity contribution is 0.669. The number of aromatic nitrogens is 5. The maximum Gasteiger partial charge on any atom is 0.167 e. The Balaban J connectivity index is 0.979. The van der Waals surface area contributed by atoms with Crippen molar-refractivity contribution in [1.82, 2.24) is 24.1 Å². The van der Waals surface area contributed by atoms with Crippen LogP contribution in [0.4, 0.5) is 0 Å². The van der Waals surface area contributed by atoms with Crippen LogP contribution in [0.1, 0.15) is 0 Å². The van der Waals surface area contributed by atoms with Gasteiger partial charge in [0.05, 0.1) is 33.3 Å². The van der Waals surface area contributed by atoms with Gasteiger partial charge < -0.3 is 13.6 Å². The zero-order chi connectivity index (χ0) is 46.6. The summed E-state index contributed by atoms with van der Waals surface area (Å²) in [5.41, 5.74) is 13.0. The third-order valence-electron chi connectivity index (χ3n) is 14.3. The molecule has 0 spiro atoms. The van der Waals surface area contributed by atoms with Gasteiger partial charge >= 0.3 is 0 Å². The van der Waals surface area contributed by atoms with E-state index >= 15 is 0 Å². The summed E-state index contributed by atoms with van der Waals surface area (Å²) in [5, 5.41) is 11.3. The van der Waals surface area contributed by atoms with Gasteiger partial charge in [-0.25, -0.2) is 15.0 Å². The van der Waals surface area contributed by atoms with Crippen LogP contribution in [0.15, 0.2) is 241 Å². The molecule has 6 nitrogen and oxygen atoms in total. The summed E-state index contributed by atoms with van der Waals surface area (Å²) in [4.78, 5) is 16.1. The number of rotatable bonds is 6. The molecule has 0 amide bonds. The first-order valence-corrected chi connectivity index (χ1v) is 24.0. The van der Waals surface area contributed by atoms with Gasteiger partial charge in [-0.3, -0.25) is 0 Å². The fourth-order valence-electron chi connectivity index (χ4n) is 11.2. The number of nitrogens with zero attached hydrogens (tertiary/aromatic N) is 5. The molecule has 6 heteroatoms. The summed E-state index contributed by atoms with van der Waals surface area (Å²) in [6.07, 6.45) is 0. The first kappa shape index (κ1) is 39.4. The van der Waals surface area contributed by atoms with Crippen LogP contribution in [0, 0.1) is 0 Å². The average Bonchev–Trinajstić information content (AvgIpc) is 4.10. The first-order valence-electron chi connectivity index (χ1n) is 24.0. The lowest BCUT2D eigenvalue weighted by Gasteiger charge is -2.13. The summed E-state index contributed by atoms with van der Waals surface area (Å²) in [6.45, 7) is 0. The monoisotopic (exact) mass is 905 g/mol. The predicted molar refractivity (Wildman–Crippen MR) is 293 cm³/mol. The largest absolute Gasteiger partial charge is 0.455 e. The van der Waals surface area contributed by atoms with Crippen molar-refractivity contribution in [3.63, 3.8) is 0 Å². The van der Waals surface area contributed by atoms with Crippen LogP contribution >= 0.6 is 0 Å². The van der Waals surface area contributed by atoms with Crippen LogP contribution in [0.3, 0.4) is 0 Å². The number of hydrogen-bond donors (Lipinski definition) is 0. The van der Waals surface area contributed by atoms with Gasteiger partial charge in [0.2, 0.25) is 0 Å². The van der Waals surface area contributed by atoms with Crippen molar-refractivity contribution < 1.29 is 4.42 Å². The minimum atomic E-state index is 0.532. The highest BCUT2D eigenvalue weighted by Crippen LogP contribution is 2.45. The van der Waals surface area contributed by atoms with E-state index in [1.54, 1.807) is 0 Å². The Labute approximate surface area is 407 Å². The third-order valence-corrected chi connectivity index (χ3v) is 14.3. The van der Waals surface area contributed by atoms with Gasteiger partial charge in [-0.2, -0.15) is 0 Å². The number of hydrogen-bond acceptors (Lipinski definition) is 4. The van der Waals surface area contributed by atoms with E-state index < -0.39 is 0 Å². The summed E-state index contributed by atoms with van der Waals surface area (Å²) in [5.74, 6) is 1.69. The van der Waals surface area contributed by atoms with Gasteiger partial charge in [0.15, 0.2) is 17.5 Å². The standard InChI is InChI=1S/C65H39N5O/c1-3-17-40(18-4-1)41-33-35-42(36-34-41)63-66-64(51-28-16-32-56-60(51)49-26-12-14-31-55(49)69(56)45-21-5-2-6-22-45)68-65(67-63)52-29-15-27-50-61-48-25-10-9-23-46(48)58(39-59(61)71-62(50)52)70-54-30-13-11-24-47(54)53-37-43-19-7-8-20-44(43)38-57(53)70/h1-39H. The molecule has 0 aliphatic carbocycles. The maximum absolute atomic E-state index is 7.20. The molecule has 15 aromatic rings. The zero-order valence-electron chi connectivity index (χ0n) is 38.2. The zero-order valence-corrected chi connectivity index (χ0v) is 38.2. The van der Waals surface area contributed by atoms with Gasteiger partial charge in [-0.05, 0) is 75.8 Å². The van der Waals surface area contributed by atoms with Gasteiger partial charge in [-0.15, -0.1) is 0 Å². The van der Waals surface area contributed by atoms with Crippen molar-refractivity contribution in [3.05, 3.63) is 237 Å². The van der Waals surface area contributed by atoms with Gasteiger partial charge in [0.1, 0.15) is 11.2 Å². The summed E-state index contributed by atoms with van der Waals surface area (Å²) in [6, 6.07) is 83.7. The molecular formula is C65H39N5O. The fourth-order valence-corrected chi connectivity index (χ4v) is 11.2. The SMILES string of the molecule is c1ccc(-c2ccc(-c3nc(-c4cccc5c4oc4cc(-n6c7ccccc7c7cc8ccccc8cc76)c6ccccc6c45)nc(-c4cccc5c4c4ccccc4n5-c4ccccc4)n3)cc2)cc1. The minimum absolute atomic E-state index is 0.532. The van der Waals surface area contributed by atoms with Gasteiger partial charge in [-0.1, -0.05) is 182 Å². The maximum atomic E-state index is 7.20. The smallest absolute Gasteiger partial charge is 0.167 e. The number of benzene rings is 11. The summed E-state index contributed by atoms with van der Waals surface area (Å²) < 4.78 is 11.9. The van der Waals surface area contributed by atoms with E-state index in [0.717, 1.165) is 105 Å². The van der Waals surface area contributed by atoms with Crippen molar-refractivity contribution in [2.45, 2.75) is 0 Å². The Kier molecular flexibility index (Phi) is 8.56. The molecule has 0 saturated heterocycles. The highest BCUT2D eigenvalue weighted by molar-refractivity contribution is 6.24. The lowest BCUT2D eigenvalue weighted by atomic mass is 10.0. The topological polar surface area (TPSA) is 61.7 Å². The molecule has 0 fully saturated rings. The summed E-state index contributed by atoms with van der Waals surface area (Å²) >= 11 is 0. The van der Waals surface area contributed by atoms with Crippen molar-refractivity contribution in [3.8, 4) is 56.7 Å². The molecule has 0 saturated carbocycles. The van der Waals surface area contributed by atoms with Crippen LogP contribution in [0.5, 0.6) is 0 Å². The highest BCUT2D eigenvalue weighted by atomic mass is 16.3. The molecule has 11 aromatic carbocycles. The highest BCUT2D eigenvalue weighted by Gasteiger charge is 2.24. The second-order valence-electron chi connectivity index (χ2n) is 18.3. The average molecular weight is 906 g/mol. The molecule has 0 bridgehead atoms. The molecule has 4 aromatic heterocycles. The molecule has 0 unspecified atom stereocenters. The number of para-hydroxylation sites is 4. The Morgan fingerprint density at radius 1 is 0.310 bits per heavy atom. The fraction of sp³-hybridized carbons (Fsp3) is 0. The van der Waals surface area contributed by atoms with Crippen LogP contribution < -0.4 is 0 Å². The molecular weight excluding hydrogens is 867 g/mol. The van der Waals surface area contributed by atoms with E-state index in [-0.39, 0.29) is 0 Å². The molecule has 0 atom stereocenters. The normalized spacial score (nSPS) is 11.9.